The molecule has 0 unspecified atom stereocenters. The monoisotopic (exact) mass is 426 g/mol. The first-order chi connectivity index (χ1) is 10.1. The van der Waals surface area contributed by atoms with Crippen LogP contribution in [0.3, 0.4) is 0 Å². The number of hydrogen-bond donors (Lipinski definition) is 0. The van der Waals surface area contributed by atoms with Crippen molar-refractivity contribution in [3.8, 4) is 0 Å². The Morgan fingerprint density at radius 2 is 1.96 bits per heavy atom. The van der Waals surface area contributed by atoms with Gasteiger partial charge in [-0.15, -0.1) is 6.42 Å². The Bertz CT molecular complexity index is 524. The van der Waals surface area contributed by atoms with Gasteiger partial charge in [-0.25, -0.2) is 12.2 Å². The Labute approximate surface area is 168 Å². The van der Waals surface area contributed by atoms with Gasteiger partial charge in [-0.3, -0.25) is 11.1 Å². The van der Waals surface area contributed by atoms with Crippen molar-refractivity contribution in [1.82, 2.24) is 0 Å². The second-order valence-corrected chi connectivity index (χ2v) is 7.68. The van der Waals surface area contributed by atoms with Crippen molar-refractivity contribution in [3.63, 3.8) is 0 Å². The minimum absolute atomic E-state index is 0. The molecule has 0 amide bonds. The van der Waals surface area contributed by atoms with Gasteiger partial charge in [0.05, 0.1) is 5.70 Å². The second kappa shape index (κ2) is 15.2. The molecule has 3 aliphatic rings. The molecule has 0 atom stereocenters. The van der Waals surface area contributed by atoms with E-state index >= 15 is 0 Å². The van der Waals surface area contributed by atoms with Gasteiger partial charge >= 0.3 is 41.3 Å². The first kappa shape index (κ1) is 24.9. The van der Waals surface area contributed by atoms with Gasteiger partial charge in [0.1, 0.15) is 0 Å². The van der Waals surface area contributed by atoms with Gasteiger partial charge in [0.25, 0.3) is 0 Å². The van der Waals surface area contributed by atoms with Crippen molar-refractivity contribution < 1.29 is 49.0 Å². The topological polar surface area (TPSA) is 12.4 Å². The summed E-state index contributed by atoms with van der Waals surface area (Å²) in [5.74, 6) is 0. The van der Waals surface area contributed by atoms with Gasteiger partial charge in [-0.05, 0) is 25.0 Å². The molecular weight excluding hydrogens is 404 g/mol. The van der Waals surface area contributed by atoms with E-state index in [0.29, 0.717) is 0 Å². The molecule has 0 saturated heterocycles. The summed E-state index contributed by atoms with van der Waals surface area (Å²) in [7, 11) is 0. The number of fused-ring (bicyclic) bond motifs is 1. The number of hydrogen-bond acceptors (Lipinski definition) is 1. The fraction of sp³-hybridized carbons (Fsp3) is 0.368. The summed E-state index contributed by atoms with van der Waals surface area (Å²) >= 11 is 1.55. The summed E-state index contributed by atoms with van der Waals surface area (Å²) in [4.78, 5) is 4.51. The molecule has 3 rings (SSSR count). The van der Waals surface area contributed by atoms with Crippen LogP contribution in [-0.4, -0.2) is 8.92 Å². The Balaban J connectivity index is 0. The van der Waals surface area contributed by atoms with Gasteiger partial charge in [0.2, 0.25) is 0 Å². The Morgan fingerprint density at radius 3 is 2.39 bits per heavy atom. The van der Waals surface area contributed by atoms with E-state index in [1.54, 1.807) is 24.2 Å². The maximum absolute atomic E-state index is 4.51. The molecule has 1 aliphatic heterocycles. The molecule has 0 bridgehead atoms. The molecule has 0 aromatic rings. The van der Waals surface area contributed by atoms with Crippen molar-refractivity contribution in [1.29, 1.82) is 0 Å². The summed E-state index contributed by atoms with van der Waals surface area (Å²) in [6.07, 6.45) is 22.1. The third-order valence-electron chi connectivity index (χ3n) is 2.78. The fourth-order valence-electron chi connectivity index (χ4n) is 1.84. The van der Waals surface area contributed by atoms with E-state index in [0.717, 1.165) is 18.5 Å². The fourth-order valence-corrected chi connectivity index (χ4v) is 1.84. The van der Waals surface area contributed by atoms with Crippen LogP contribution in [-0.2, 0) is 24.2 Å². The molecule has 2 aliphatic carbocycles. The maximum atomic E-state index is 4.51. The molecule has 0 aromatic heterocycles. The number of unbranched alkanes of at least 4 members (excludes halogenated alkanes) is 1. The van der Waals surface area contributed by atoms with E-state index in [2.05, 4.69) is 62.2 Å². The van der Waals surface area contributed by atoms with Gasteiger partial charge in [0.15, 0.2) is 0 Å². The number of rotatable bonds is 3. The van der Waals surface area contributed by atoms with E-state index in [-0.39, 0.29) is 24.8 Å². The van der Waals surface area contributed by atoms with E-state index in [1.165, 1.54) is 27.3 Å². The molecule has 1 heterocycles. The zero-order valence-electron chi connectivity index (χ0n) is 14.1. The molecule has 1 nitrogen and oxygen atoms in total. The van der Waals surface area contributed by atoms with Gasteiger partial charge < -0.3 is 24.8 Å². The van der Waals surface area contributed by atoms with Crippen LogP contribution in [0.2, 0.25) is 0 Å². The first-order valence-electron chi connectivity index (χ1n) is 7.55. The SMILES string of the molecule is CCCCC1=NC2=CC=CC2=C1.C[C](C)=[Zr+2].[C-]1=CC=CC1.[Cl-].[Cl-]. The van der Waals surface area contributed by atoms with Crippen LogP contribution in [0.4, 0.5) is 0 Å². The molecule has 0 aromatic carbocycles. The normalized spacial score (nSPS) is 14.9. The maximum Gasteiger partial charge on any atom is -0.109 e. The third kappa shape index (κ3) is 11.8. The van der Waals surface area contributed by atoms with Crippen molar-refractivity contribution >= 4 is 8.92 Å². The van der Waals surface area contributed by atoms with Crippen LogP contribution in [0.15, 0.2) is 58.8 Å². The molecule has 124 valence electrons. The van der Waals surface area contributed by atoms with Crippen LogP contribution >= 0.6 is 0 Å². The van der Waals surface area contributed by atoms with E-state index in [4.69, 9.17) is 0 Å². The van der Waals surface area contributed by atoms with E-state index < -0.39 is 0 Å². The third-order valence-corrected chi connectivity index (χ3v) is 2.78. The van der Waals surface area contributed by atoms with E-state index in [9.17, 15) is 0 Å². The zero-order valence-corrected chi connectivity index (χ0v) is 18.0. The second-order valence-electron chi connectivity index (χ2n) is 5.22. The van der Waals surface area contributed by atoms with Gasteiger partial charge in [0, 0.05) is 11.3 Å². The van der Waals surface area contributed by atoms with Crippen molar-refractivity contribution in [2.24, 2.45) is 4.99 Å². The molecular formula is C19H24Cl2NZr-. The standard InChI is InChI=1S/C11H13N.C5H5.C3H6.2ClH.Zr/c1-2-3-6-10-8-9-5-4-7-11(9)12-10;1-2-4-5-3-1;1-3-2;;;/h4-5,7-8H,2-3,6H2,1H3;1-3H,4H2;1-2H3;2*1H;/q;-1;;;;+2/p-2. The first-order valence-corrected chi connectivity index (χ1v) is 8.78. The largest absolute Gasteiger partial charge is 1.00 e. The Hall–Kier alpha value is -0.297. The summed E-state index contributed by atoms with van der Waals surface area (Å²) < 4.78 is 1.51. The quantitative estimate of drug-likeness (QED) is 0.516. The summed E-state index contributed by atoms with van der Waals surface area (Å²) in [6, 6.07) is 0. The molecule has 0 radical (unpaired) electrons. The van der Waals surface area contributed by atoms with Crippen molar-refractivity contribution in [3.05, 3.63) is 59.9 Å². The molecule has 0 saturated carbocycles. The van der Waals surface area contributed by atoms with E-state index in [1.807, 2.05) is 12.2 Å². The van der Waals surface area contributed by atoms with Crippen LogP contribution in [0.25, 0.3) is 0 Å². The molecule has 0 spiro atoms. The van der Waals surface area contributed by atoms with Crippen LogP contribution < -0.4 is 24.8 Å². The smallest absolute Gasteiger partial charge is 0.109 e. The average molecular weight is 429 g/mol. The predicted molar refractivity (Wildman–Crippen MR) is 90.2 cm³/mol. The number of aliphatic imine (C=N–C) groups is 1. The minimum Gasteiger partial charge on any atom is -1.00 e. The van der Waals surface area contributed by atoms with Crippen LogP contribution in [0.1, 0.15) is 46.5 Å². The number of allylic oxidation sites excluding steroid dienone is 8. The minimum atomic E-state index is 0. The number of halogens is 2. The molecule has 0 fully saturated rings. The molecule has 0 N–H and O–H groups in total. The van der Waals surface area contributed by atoms with Gasteiger partial charge in [-0.2, -0.15) is 6.08 Å². The summed E-state index contributed by atoms with van der Waals surface area (Å²) in [5, 5.41) is 0. The number of nitrogens with zero attached hydrogens (tertiary/aromatic N) is 1. The predicted octanol–water partition coefficient (Wildman–Crippen LogP) is -0.930. The Morgan fingerprint density at radius 1 is 1.26 bits per heavy atom. The van der Waals surface area contributed by atoms with Crippen molar-refractivity contribution in [2.75, 3.05) is 0 Å². The average Bonchev–Trinajstić information content (AvgIpc) is 3.13. The molecule has 4 heteroatoms. The summed E-state index contributed by atoms with van der Waals surface area (Å²) in [6.45, 7) is 6.46. The van der Waals surface area contributed by atoms with Crippen molar-refractivity contribution in [2.45, 2.75) is 46.5 Å². The Kier molecular flexibility index (Phi) is 16.5. The van der Waals surface area contributed by atoms with Crippen LogP contribution in [0, 0.1) is 6.08 Å². The van der Waals surface area contributed by atoms with Gasteiger partial charge in [-0.1, -0.05) is 25.5 Å². The summed E-state index contributed by atoms with van der Waals surface area (Å²) in [5.41, 5.74) is 3.70. The zero-order chi connectivity index (χ0) is 15.5. The molecule has 23 heavy (non-hydrogen) atoms. The van der Waals surface area contributed by atoms with Crippen LogP contribution in [0.5, 0.6) is 0 Å².